The average molecular weight is 582 g/mol. The molecule has 1 atom stereocenters. The summed E-state index contributed by atoms with van der Waals surface area (Å²) in [5.41, 5.74) is 2.77. The molecule has 1 aliphatic heterocycles. The fourth-order valence-electron chi connectivity index (χ4n) is 4.23. The number of aromatic nitrogens is 1. The highest BCUT2D eigenvalue weighted by atomic mass is 79.9. The van der Waals surface area contributed by atoms with Crippen molar-refractivity contribution in [1.29, 1.82) is 5.26 Å². The van der Waals surface area contributed by atoms with Crippen molar-refractivity contribution in [3.63, 3.8) is 0 Å². The molecule has 4 rings (SSSR count). The lowest BCUT2D eigenvalue weighted by atomic mass is 9.96. The molecule has 1 aliphatic rings. The first-order valence-corrected chi connectivity index (χ1v) is 12.3. The molecule has 2 N–H and O–H groups in total. The molecule has 0 bridgehead atoms. The zero-order chi connectivity index (χ0) is 27.4. The second-order valence-electron chi connectivity index (χ2n) is 8.74. The summed E-state index contributed by atoms with van der Waals surface area (Å²) in [6, 6.07) is 12.9. The van der Waals surface area contributed by atoms with Crippen molar-refractivity contribution in [3.05, 3.63) is 76.9 Å². The van der Waals surface area contributed by atoms with Gasteiger partial charge in [0.05, 0.1) is 30.2 Å². The van der Waals surface area contributed by atoms with Crippen LogP contribution in [0.1, 0.15) is 22.3 Å². The molecular formula is C27H22BrF2N5O3. The lowest BCUT2D eigenvalue weighted by Crippen LogP contribution is -2.43. The van der Waals surface area contributed by atoms with Crippen molar-refractivity contribution < 1.29 is 23.2 Å². The van der Waals surface area contributed by atoms with Crippen LogP contribution in [0.5, 0.6) is 0 Å². The number of carbonyl (C=O) groups excluding carboxylic acids is 3. The van der Waals surface area contributed by atoms with E-state index in [1.807, 2.05) is 0 Å². The molecule has 3 amide bonds. The number of likely N-dealkylation sites (tertiary alicyclic amines) is 1. The highest BCUT2D eigenvalue weighted by Gasteiger charge is 2.47. The van der Waals surface area contributed by atoms with Crippen molar-refractivity contribution in [2.45, 2.75) is 24.9 Å². The van der Waals surface area contributed by atoms with Gasteiger partial charge in [-0.05, 0) is 35.4 Å². The molecule has 0 aliphatic carbocycles. The number of hydrogen-bond donors (Lipinski definition) is 2. The number of nitrogens with one attached hydrogen (secondary N) is 2. The Balaban J connectivity index is 1.62. The molecule has 0 radical (unpaired) electrons. The SMILES string of the molecule is C=CC(=O)NCc1ccc(-c2cnc3ccc(Br)cc3c2C(=O)NCC(=O)N2CC(F)(F)C[C@H]2C#N)cc1. The molecule has 0 spiro atoms. The maximum absolute atomic E-state index is 13.8. The summed E-state index contributed by atoms with van der Waals surface area (Å²) < 4.78 is 28.3. The van der Waals surface area contributed by atoms with Crippen LogP contribution in [0, 0.1) is 11.3 Å². The number of nitriles is 1. The highest BCUT2D eigenvalue weighted by Crippen LogP contribution is 2.33. The van der Waals surface area contributed by atoms with Crippen molar-refractivity contribution in [2.24, 2.45) is 0 Å². The second-order valence-corrected chi connectivity index (χ2v) is 9.65. The number of amides is 3. The molecule has 1 aromatic heterocycles. The Morgan fingerprint density at radius 1 is 1.21 bits per heavy atom. The van der Waals surface area contributed by atoms with Gasteiger partial charge in [0.2, 0.25) is 11.8 Å². The van der Waals surface area contributed by atoms with Crippen LogP contribution in [-0.4, -0.2) is 52.7 Å². The van der Waals surface area contributed by atoms with Crippen LogP contribution >= 0.6 is 15.9 Å². The quantitative estimate of drug-likeness (QED) is 0.410. The van der Waals surface area contributed by atoms with Gasteiger partial charge in [-0.1, -0.05) is 46.8 Å². The summed E-state index contributed by atoms with van der Waals surface area (Å²) in [6.07, 6.45) is 2.00. The van der Waals surface area contributed by atoms with E-state index in [4.69, 9.17) is 0 Å². The van der Waals surface area contributed by atoms with Crippen LogP contribution in [0.4, 0.5) is 8.78 Å². The van der Waals surface area contributed by atoms with Crippen molar-refractivity contribution in [3.8, 4) is 17.2 Å². The van der Waals surface area contributed by atoms with E-state index in [9.17, 15) is 28.4 Å². The summed E-state index contributed by atoms with van der Waals surface area (Å²) in [5.74, 6) is -4.82. The first kappa shape index (κ1) is 26.9. The molecule has 2 aromatic carbocycles. The third kappa shape index (κ3) is 5.86. The Morgan fingerprint density at radius 3 is 2.63 bits per heavy atom. The molecule has 1 saturated heterocycles. The average Bonchev–Trinajstić information content (AvgIpc) is 3.24. The number of halogens is 3. The zero-order valence-electron chi connectivity index (χ0n) is 20.0. The maximum atomic E-state index is 13.8. The topological polar surface area (TPSA) is 115 Å². The van der Waals surface area contributed by atoms with Crippen LogP contribution in [-0.2, 0) is 16.1 Å². The minimum absolute atomic E-state index is 0.250. The molecule has 194 valence electrons. The fraction of sp³-hybridized carbons (Fsp3) is 0.222. The normalized spacial score (nSPS) is 16.1. The summed E-state index contributed by atoms with van der Waals surface area (Å²) in [5, 5.41) is 14.9. The van der Waals surface area contributed by atoms with Gasteiger partial charge in [-0.3, -0.25) is 19.4 Å². The van der Waals surface area contributed by atoms with Crippen LogP contribution in [0.3, 0.4) is 0 Å². The third-order valence-corrected chi connectivity index (χ3v) is 6.61. The Morgan fingerprint density at radius 2 is 1.95 bits per heavy atom. The van der Waals surface area contributed by atoms with Gasteiger partial charge in [0.1, 0.15) is 6.04 Å². The number of fused-ring (bicyclic) bond motifs is 1. The number of hydrogen-bond acceptors (Lipinski definition) is 5. The molecule has 0 saturated carbocycles. The number of alkyl halides is 2. The number of nitrogens with zero attached hydrogens (tertiary/aromatic N) is 3. The van der Waals surface area contributed by atoms with Crippen LogP contribution < -0.4 is 10.6 Å². The van der Waals surface area contributed by atoms with Crippen molar-refractivity contribution >= 4 is 44.6 Å². The molecule has 11 heteroatoms. The van der Waals surface area contributed by atoms with E-state index in [1.54, 1.807) is 54.7 Å². The molecule has 3 aromatic rings. The summed E-state index contributed by atoms with van der Waals surface area (Å²) in [7, 11) is 0. The van der Waals surface area contributed by atoms with E-state index in [0.29, 0.717) is 33.0 Å². The predicted octanol–water partition coefficient (Wildman–Crippen LogP) is 3.96. The molecular weight excluding hydrogens is 560 g/mol. The molecule has 2 heterocycles. The second kappa shape index (κ2) is 11.1. The van der Waals surface area contributed by atoms with Gasteiger partial charge >= 0.3 is 0 Å². The number of pyridine rings is 1. The largest absolute Gasteiger partial charge is 0.348 e. The Bertz CT molecular complexity index is 1470. The first-order valence-electron chi connectivity index (χ1n) is 11.5. The smallest absolute Gasteiger partial charge is 0.268 e. The summed E-state index contributed by atoms with van der Waals surface area (Å²) in [6.45, 7) is 2.29. The standard InChI is InChI=1S/C27H22BrF2N5O3/c1-2-23(36)33-12-16-3-5-17(6-4-16)21-13-32-22-8-7-18(28)9-20(22)25(21)26(38)34-14-24(37)35-15-27(29,30)10-19(35)11-31/h2-9,13,19H,1,10,12,14-15H2,(H,33,36)(H,34,38)/t19-/m0/s1. The lowest BCUT2D eigenvalue weighted by molar-refractivity contribution is -0.131. The van der Waals surface area contributed by atoms with Crippen molar-refractivity contribution in [2.75, 3.05) is 13.1 Å². The van der Waals surface area contributed by atoms with Crippen molar-refractivity contribution in [1.82, 2.24) is 20.5 Å². The lowest BCUT2D eigenvalue weighted by Gasteiger charge is -2.20. The Hall–Kier alpha value is -4.17. The molecule has 1 fully saturated rings. The van der Waals surface area contributed by atoms with Gasteiger partial charge in [0, 0.05) is 34.6 Å². The van der Waals surface area contributed by atoms with Gasteiger partial charge in [0.25, 0.3) is 11.8 Å². The summed E-state index contributed by atoms with van der Waals surface area (Å²) in [4.78, 5) is 42.8. The Kier molecular flexibility index (Phi) is 7.83. The minimum Gasteiger partial charge on any atom is -0.348 e. The van der Waals surface area contributed by atoms with Gasteiger partial charge in [0.15, 0.2) is 0 Å². The fourth-order valence-corrected chi connectivity index (χ4v) is 4.59. The van der Waals surface area contributed by atoms with Crippen LogP contribution in [0.2, 0.25) is 0 Å². The van der Waals surface area contributed by atoms with E-state index in [2.05, 4.69) is 38.1 Å². The van der Waals surface area contributed by atoms with E-state index in [1.165, 1.54) is 6.08 Å². The van der Waals surface area contributed by atoms with Gasteiger partial charge < -0.3 is 15.5 Å². The van der Waals surface area contributed by atoms with Gasteiger partial charge in [-0.25, -0.2) is 8.78 Å². The number of benzene rings is 2. The third-order valence-electron chi connectivity index (χ3n) is 6.11. The first-order chi connectivity index (χ1) is 18.1. The minimum atomic E-state index is -3.15. The van der Waals surface area contributed by atoms with E-state index in [0.717, 1.165) is 10.5 Å². The van der Waals surface area contributed by atoms with Gasteiger partial charge in [-0.2, -0.15) is 5.26 Å². The van der Waals surface area contributed by atoms with E-state index < -0.39 is 43.3 Å². The molecule has 38 heavy (non-hydrogen) atoms. The van der Waals surface area contributed by atoms with E-state index >= 15 is 0 Å². The molecule has 0 unspecified atom stereocenters. The number of carbonyl (C=O) groups is 3. The van der Waals surface area contributed by atoms with E-state index in [-0.39, 0.29) is 11.5 Å². The molecule has 8 nitrogen and oxygen atoms in total. The van der Waals surface area contributed by atoms with Crippen LogP contribution in [0.15, 0.2) is 65.8 Å². The summed E-state index contributed by atoms with van der Waals surface area (Å²) >= 11 is 3.41. The van der Waals surface area contributed by atoms with Gasteiger partial charge in [-0.15, -0.1) is 0 Å². The van der Waals surface area contributed by atoms with Crippen LogP contribution in [0.25, 0.3) is 22.0 Å². The Labute approximate surface area is 225 Å². The zero-order valence-corrected chi connectivity index (χ0v) is 21.6. The monoisotopic (exact) mass is 581 g/mol. The maximum Gasteiger partial charge on any atom is 0.268 e. The highest BCUT2D eigenvalue weighted by molar-refractivity contribution is 9.10. The number of rotatable bonds is 7. The predicted molar refractivity (Wildman–Crippen MR) is 140 cm³/mol.